The number of rotatable bonds is 0. The molecule has 0 aromatic carbocycles. The second-order valence-electron chi connectivity index (χ2n) is 7.02. The van der Waals surface area contributed by atoms with E-state index in [1.807, 2.05) is 6.07 Å². The minimum Gasteiger partial charge on any atom is -0.476 e. The van der Waals surface area contributed by atoms with E-state index in [2.05, 4.69) is 20.3 Å². The molecule has 1 fully saturated rings. The van der Waals surface area contributed by atoms with Crippen molar-refractivity contribution in [1.82, 2.24) is 24.9 Å². The molecule has 144 valence electrons. The Morgan fingerprint density at radius 3 is 3.18 bits per heavy atom. The normalized spacial score (nSPS) is 19.3. The molecular weight excluding hydrogens is 363 g/mol. The number of ether oxygens (including phenoxy) is 1. The predicted octanol–water partition coefficient (Wildman–Crippen LogP) is 2.04. The number of aromatic nitrogens is 4. The number of halogens is 1. The zero-order valence-electron chi connectivity index (χ0n) is 15.4. The first kappa shape index (κ1) is 16.9. The highest BCUT2D eigenvalue weighted by molar-refractivity contribution is 6.01. The second-order valence-corrected chi connectivity index (χ2v) is 7.02. The van der Waals surface area contributed by atoms with Gasteiger partial charge in [0.25, 0.3) is 5.91 Å². The lowest BCUT2D eigenvalue weighted by molar-refractivity contribution is 0.0947. The lowest BCUT2D eigenvalue weighted by Crippen LogP contribution is -2.28. The topological polar surface area (TPSA) is 84.7 Å². The predicted molar refractivity (Wildman–Crippen MR) is 99.1 cm³/mol. The van der Waals surface area contributed by atoms with E-state index in [0.717, 1.165) is 31.4 Å². The molecular formula is C19H19FN6O2. The molecule has 9 heteroatoms. The summed E-state index contributed by atoms with van der Waals surface area (Å²) >= 11 is 0. The fourth-order valence-corrected chi connectivity index (χ4v) is 4.02. The van der Waals surface area contributed by atoms with E-state index in [1.54, 1.807) is 17.6 Å². The van der Waals surface area contributed by atoms with Crippen molar-refractivity contribution in [2.75, 3.05) is 24.6 Å². The molecule has 5 rings (SSSR count). The van der Waals surface area contributed by atoms with Gasteiger partial charge in [0.2, 0.25) is 5.88 Å². The Kier molecular flexibility index (Phi) is 3.88. The molecule has 1 amide bonds. The Morgan fingerprint density at radius 1 is 1.39 bits per heavy atom. The van der Waals surface area contributed by atoms with Crippen molar-refractivity contribution >= 4 is 17.4 Å². The lowest BCUT2D eigenvalue weighted by Gasteiger charge is -2.27. The average Bonchev–Trinajstić information content (AvgIpc) is 3.28. The molecule has 2 bridgehead atoms. The standard InChI is InChI=1S/C19H19FN6O2/c1-11-16-17-23-15(4-7-26(17)24-11)25-6-2-3-14(25)13-9-12(20)10-22-19(13)28-8-5-21-18(16)27/h4,7,9-10,14H,2-3,5-6,8H2,1H3,(H,21,27)/t14-/m1/s1. The van der Waals surface area contributed by atoms with E-state index in [9.17, 15) is 9.18 Å². The smallest absolute Gasteiger partial charge is 0.257 e. The van der Waals surface area contributed by atoms with Gasteiger partial charge < -0.3 is 15.0 Å². The number of anilines is 1. The Hall–Kier alpha value is -3.23. The third-order valence-corrected chi connectivity index (χ3v) is 5.25. The van der Waals surface area contributed by atoms with E-state index in [4.69, 9.17) is 9.72 Å². The number of carbonyl (C=O) groups is 1. The summed E-state index contributed by atoms with van der Waals surface area (Å²) in [4.78, 5) is 23.7. The van der Waals surface area contributed by atoms with Gasteiger partial charge in [0, 0.05) is 18.3 Å². The van der Waals surface area contributed by atoms with Gasteiger partial charge in [-0.2, -0.15) is 5.10 Å². The summed E-state index contributed by atoms with van der Waals surface area (Å²) in [5.41, 5.74) is 2.28. The number of carbonyl (C=O) groups excluding carboxylic acids is 1. The van der Waals surface area contributed by atoms with E-state index in [1.165, 1.54) is 6.07 Å². The highest BCUT2D eigenvalue weighted by Gasteiger charge is 2.31. The molecule has 0 aliphatic carbocycles. The summed E-state index contributed by atoms with van der Waals surface area (Å²) in [6.07, 6.45) is 4.74. The van der Waals surface area contributed by atoms with Gasteiger partial charge in [0.1, 0.15) is 23.8 Å². The SMILES string of the molecule is Cc1nn2ccc3nc2c1C(=O)NCCOc1ncc(F)cc1[C@H]1CCCN31. The fraction of sp³-hybridized carbons (Fsp3) is 0.368. The van der Waals surface area contributed by atoms with Crippen LogP contribution in [0.3, 0.4) is 0 Å². The van der Waals surface area contributed by atoms with Crippen LogP contribution in [0.2, 0.25) is 0 Å². The van der Waals surface area contributed by atoms with Gasteiger partial charge in [-0.05, 0) is 31.9 Å². The summed E-state index contributed by atoms with van der Waals surface area (Å²) in [7, 11) is 0. The van der Waals surface area contributed by atoms with Crippen LogP contribution in [0.4, 0.5) is 10.2 Å². The van der Waals surface area contributed by atoms with Gasteiger partial charge in [-0.25, -0.2) is 18.9 Å². The summed E-state index contributed by atoms with van der Waals surface area (Å²) in [5.74, 6) is 0.472. The molecule has 28 heavy (non-hydrogen) atoms. The van der Waals surface area contributed by atoms with Crippen LogP contribution in [-0.4, -0.2) is 45.2 Å². The van der Waals surface area contributed by atoms with Crippen molar-refractivity contribution in [3.63, 3.8) is 0 Å². The monoisotopic (exact) mass is 382 g/mol. The van der Waals surface area contributed by atoms with Crippen LogP contribution in [0.5, 0.6) is 5.88 Å². The highest BCUT2D eigenvalue weighted by atomic mass is 19.1. The van der Waals surface area contributed by atoms with Crippen molar-refractivity contribution in [1.29, 1.82) is 0 Å². The molecule has 0 unspecified atom stereocenters. The molecule has 3 aromatic heterocycles. The third-order valence-electron chi connectivity index (χ3n) is 5.25. The largest absolute Gasteiger partial charge is 0.476 e. The number of pyridine rings is 1. The molecule has 0 radical (unpaired) electrons. The average molecular weight is 382 g/mol. The first-order valence-corrected chi connectivity index (χ1v) is 9.31. The zero-order valence-corrected chi connectivity index (χ0v) is 15.4. The number of amides is 1. The molecule has 2 aliphatic heterocycles. The van der Waals surface area contributed by atoms with Crippen molar-refractivity contribution < 1.29 is 13.9 Å². The van der Waals surface area contributed by atoms with Gasteiger partial charge in [-0.15, -0.1) is 0 Å². The minimum absolute atomic E-state index is 0.0926. The van der Waals surface area contributed by atoms with Crippen LogP contribution in [-0.2, 0) is 0 Å². The maximum atomic E-state index is 14.0. The third kappa shape index (κ3) is 2.65. The molecule has 5 heterocycles. The Labute approximate surface area is 160 Å². The molecule has 3 aromatic rings. The zero-order chi connectivity index (χ0) is 19.3. The molecule has 0 saturated carbocycles. The van der Waals surface area contributed by atoms with E-state index in [0.29, 0.717) is 34.9 Å². The fourth-order valence-electron chi connectivity index (χ4n) is 4.02. The van der Waals surface area contributed by atoms with Crippen LogP contribution in [0.15, 0.2) is 24.5 Å². The number of hydrogen-bond acceptors (Lipinski definition) is 6. The van der Waals surface area contributed by atoms with Gasteiger partial charge in [0.05, 0.1) is 24.5 Å². The van der Waals surface area contributed by atoms with E-state index in [-0.39, 0.29) is 18.6 Å². The quantitative estimate of drug-likeness (QED) is 0.641. The first-order valence-electron chi connectivity index (χ1n) is 9.31. The van der Waals surface area contributed by atoms with Gasteiger partial charge >= 0.3 is 0 Å². The molecule has 0 spiro atoms. The maximum Gasteiger partial charge on any atom is 0.257 e. The van der Waals surface area contributed by atoms with Crippen molar-refractivity contribution in [2.45, 2.75) is 25.8 Å². The van der Waals surface area contributed by atoms with Crippen LogP contribution in [0.1, 0.15) is 40.5 Å². The Morgan fingerprint density at radius 2 is 2.29 bits per heavy atom. The van der Waals surface area contributed by atoms with Crippen molar-refractivity contribution in [3.8, 4) is 5.88 Å². The van der Waals surface area contributed by atoms with E-state index >= 15 is 0 Å². The van der Waals surface area contributed by atoms with Crippen molar-refractivity contribution in [3.05, 3.63) is 47.2 Å². The number of aryl methyl sites for hydroxylation is 1. The van der Waals surface area contributed by atoms with Crippen LogP contribution in [0, 0.1) is 12.7 Å². The number of nitrogens with one attached hydrogen (secondary N) is 1. The lowest BCUT2D eigenvalue weighted by atomic mass is 10.1. The molecule has 2 aliphatic rings. The first-order chi connectivity index (χ1) is 13.6. The number of nitrogens with zero attached hydrogens (tertiary/aromatic N) is 5. The van der Waals surface area contributed by atoms with Crippen molar-refractivity contribution in [2.24, 2.45) is 0 Å². The highest BCUT2D eigenvalue weighted by Crippen LogP contribution is 2.39. The molecule has 8 nitrogen and oxygen atoms in total. The Balaban J connectivity index is 1.69. The number of hydrogen-bond donors (Lipinski definition) is 1. The second kappa shape index (κ2) is 6.43. The van der Waals surface area contributed by atoms with Gasteiger partial charge in [-0.1, -0.05) is 0 Å². The van der Waals surface area contributed by atoms with Crippen LogP contribution in [0.25, 0.3) is 5.65 Å². The van der Waals surface area contributed by atoms with Crippen LogP contribution >= 0.6 is 0 Å². The number of fused-ring (bicyclic) bond motifs is 5. The molecule has 1 atom stereocenters. The summed E-state index contributed by atoms with van der Waals surface area (Å²) < 4.78 is 21.4. The van der Waals surface area contributed by atoms with E-state index < -0.39 is 5.82 Å². The summed E-state index contributed by atoms with van der Waals surface area (Å²) in [5, 5.41) is 7.23. The van der Waals surface area contributed by atoms with Crippen LogP contribution < -0.4 is 15.0 Å². The molecule has 1 N–H and O–H groups in total. The Bertz CT molecular complexity index is 1080. The van der Waals surface area contributed by atoms with Gasteiger partial charge in [0.15, 0.2) is 5.65 Å². The van der Waals surface area contributed by atoms with Gasteiger partial charge in [-0.3, -0.25) is 4.79 Å². The summed E-state index contributed by atoms with van der Waals surface area (Å²) in [6, 6.07) is 3.26. The molecule has 1 saturated heterocycles. The minimum atomic E-state index is -0.399. The maximum absolute atomic E-state index is 14.0. The summed E-state index contributed by atoms with van der Waals surface area (Å²) in [6.45, 7) is 3.10.